The van der Waals surface area contributed by atoms with Gasteiger partial charge in [0.25, 0.3) is 5.91 Å². The van der Waals surface area contributed by atoms with Gasteiger partial charge in [-0.1, -0.05) is 11.8 Å². The Morgan fingerprint density at radius 1 is 1.50 bits per heavy atom. The Bertz CT molecular complexity index is 522. The van der Waals surface area contributed by atoms with Gasteiger partial charge in [-0.05, 0) is 24.5 Å². The van der Waals surface area contributed by atoms with Gasteiger partial charge in [0.1, 0.15) is 5.82 Å². The standard InChI is InChI=1S/C15H18FNO2S/c1-17(8-10-20-2)15(19)13-7-6-12(14(16)11-13)5-3-4-9-18/h6-7,11,18H,4,8-10H2,1-2H3. The van der Waals surface area contributed by atoms with Crippen molar-refractivity contribution in [3.8, 4) is 11.8 Å². The van der Waals surface area contributed by atoms with Crippen molar-refractivity contribution in [2.24, 2.45) is 0 Å². The van der Waals surface area contributed by atoms with Crippen LogP contribution in [0, 0.1) is 17.7 Å². The Balaban J connectivity index is 2.81. The average Bonchev–Trinajstić information content (AvgIpc) is 2.45. The summed E-state index contributed by atoms with van der Waals surface area (Å²) in [6.45, 7) is 0.575. The third-order valence-electron chi connectivity index (χ3n) is 2.65. The van der Waals surface area contributed by atoms with Gasteiger partial charge in [0.2, 0.25) is 0 Å². The quantitative estimate of drug-likeness (QED) is 0.845. The van der Waals surface area contributed by atoms with Crippen molar-refractivity contribution in [1.29, 1.82) is 0 Å². The van der Waals surface area contributed by atoms with Gasteiger partial charge in [0.05, 0.1) is 12.2 Å². The van der Waals surface area contributed by atoms with Crippen LogP contribution in [0.2, 0.25) is 0 Å². The number of hydrogen-bond donors (Lipinski definition) is 1. The van der Waals surface area contributed by atoms with Crippen molar-refractivity contribution < 1.29 is 14.3 Å². The zero-order valence-corrected chi connectivity index (χ0v) is 12.5. The maximum Gasteiger partial charge on any atom is 0.253 e. The highest BCUT2D eigenvalue weighted by atomic mass is 32.2. The summed E-state index contributed by atoms with van der Waals surface area (Å²) in [5.41, 5.74) is 0.556. The van der Waals surface area contributed by atoms with E-state index in [1.54, 1.807) is 29.8 Å². The minimum atomic E-state index is -0.514. The van der Waals surface area contributed by atoms with Crippen LogP contribution >= 0.6 is 11.8 Å². The maximum atomic E-state index is 13.8. The summed E-state index contributed by atoms with van der Waals surface area (Å²) in [6, 6.07) is 4.28. The van der Waals surface area contributed by atoms with Crippen molar-refractivity contribution in [1.82, 2.24) is 4.90 Å². The molecule has 1 aromatic carbocycles. The summed E-state index contributed by atoms with van der Waals surface area (Å²) in [7, 11) is 1.70. The molecule has 20 heavy (non-hydrogen) atoms. The Hall–Kier alpha value is -1.51. The van der Waals surface area contributed by atoms with Crippen LogP contribution in [-0.2, 0) is 0 Å². The molecule has 0 unspecified atom stereocenters. The third-order valence-corrected chi connectivity index (χ3v) is 3.24. The van der Waals surface area contributed by atoms with Gasteiger partial charge < -0.3 is 10.0 Å². The molecule has 0 bridgehead atoms. The van der Waals surface area contributed by atoms with E-state index in [2.05, 4.69) is 11.8 Å². The van der Waals surface area contributed by atoms with Gasteiger partial charge in [-0.2, -0.15) is 11.8 Å². The zero-order chi connectivity index (χ0) is 15.0. The smallest absolute Gasteiger partial charge is 0.253 e. The Kier molecular flexibility index (Phi) is 7.13. The molecule has 0 aliphatic heterocycles. The molecule has 3 nitrogen and oxygen atoms in total. The fraction of sp³-hybridized carbons (Fsp3) is 0.400. The summed E-state index contributed by atoms with van der Waals surface area (Å²) in [5, 5.41) is 8.61. The first-order chi connectivity index (χ1) is 9.60. The van der Waals surface area contributed by atoms with E-state index < -0.39 is 5.82 Å². The molecule has 0 aliphatic carbocycles. The minimum Gasteiger partial charge on any atom is -0.395 e. The highest BCUT2D eigenvalue weighted by molar-refractivity contribution is 7.98. The van der Waals surface area contributed by atoms with E-state index in [0.717, 1.165) is 5.75 Å². The summed E-state index contributed by atoms with van der Waals surface area (Å²) in [6.07, 6.45) is 2.27. The number of amides is 1. The number of carbonyl (C=O) groups is 1. The first-order valence-corrected chi connectivity index (χ1v) is 7.63. The number of aliphatic hydroxyl groups is 1. The van der Waals surface area contributed by atoms with E-state index in [9.17, 15) is 9.18 Å². The lowest BCUT2D eigenvalue weighted by Gasteiger charge is -2.16. The number of hydrogen-bond acceptors (Lipinski definition) is 3. The number of halogens is 1. The van der Waals surface area contributed by atoms with E-state index in [0.29, 0.717) is 18.5 Å². The fourth-order valence-electron chi connectivity index (χ4n) is 1.51. The van der Waals surface area contributed by atoms with Gasteiger partial charge in [-0.15, -0.1) is 0 Å². The van der Waals surface area contributed by atoms with Crippen LogP contribution in [0.1, 0.15) is 22.3 Å². The van der Waals surface area contributed by atoms with Crippen LogP contribution in [0.15, 0.2) is 18.2 Å². The molecule has 108 valence electrons. The Labute approximate surface area is 123 Å². The van der Waals surface area contributed by atoms with Crippen LogP contribution in [0.5, 0.6) is 0 Å². The number of thioether (sulfide) groups is 1. The van der Waals surface area contributed by atoms with Crippen LogP contribution in [-0.4, -0.2) is 48.1 Å². The lowest BCUT2D eigenvalue weighted by molar-refractivity contribution is 0.0803. The molecule has 0 heterocycles. The fourth-order valence-corrected chi connectivity index (χ4v) is 1.97. The normalized spacial score (nSPS) is 9.80. The van der Waals surface area contributed by atoms with Crippen molar-refractivity contribution in [3.05, 3.63) is 35.1 Å². The van der Waals surface area contributed by atoms with Crippen LogP contribution in [0.3, 0.4) is 0 Å². The van der Waals surface area contributed by atoms with Crippen molar-refractivity contribution >= 4 is 17.7 Å². The maximum absolute atomic E-state index is 13.8. The first-order valence-electron chi connectivity index (χ1n) is 6.23. The molecule has 0 aliphatic rings. The van der Waals surface area contributed by atoms with E-state index >= 15 is 0 Å². The monoisotopic (exact) mass is 295 g/mol. The van der Waals surface area contributed by atoms with E-state index in [4.69, 9.17) is 5.11 Å². The lowest BCUT2D eigenvalue weighted by Crippen LogP contribution is -2.28. The SMILES string of the molecule is CSCCN(C)C(=O)c1ccc(C#CCCO)c(F)c1. The summed E-state index contributed by atoms with van der Waals surface area (Å²) in [5.74, 6) is 5.41. The van der Waals surface area contributed by atoms with E-state index in [-0.39, 0.29) is 18.1 Å². The molecule has 0 spiro atoms. The van der Waals surface area contributed by atoms with Crippen LogP contribution in [0.25, 0.3) is 0 Å². The number of rotatable bonds is 5. The topological polar surface area (TPSA) is 40.5 Å². The molecule has 1 amide bonds. The predicted octanol–water partition coefficient (Wildman–Crippen LogP) is 1.99. The summed E-state index contributed by atoms with van der Waals surface area (Å²) in [4.78, 5) is 13.6. The molecular formula is C15H18FNO2S. The van der Waals surface area contributed by atoms with Gasteiger partial charge in [-0.25, -0.2) is 4.39 Å². The molecule has 0 fully saturated rings. The van der Waals surface area contributed by atoms with Crippen LogP contribution in [0.4, 0.5) is 4.39 Å². The molecule has 0 atom stereocenters. The summed E-state index contributed by atoms with van der Waals surface area (Å²) < 4.78 is 13.8. The molecule has 0 aromatic heterocycles. The van der Waals surface area contributed by atoms with Crippen molar-refractivity contribution in [2.75, 3.05) is 32.2 Å². The lowest BCUT2D eigenvalue weighted by atomic mass is 10.1. The first kappa shape index (κ1) is 16.5. The molecule has 1 aromatic rings. The van der Waals surface area contributed by atoms with E-state index in [1.807, 2.05) is 6.26 Å². The molecule has 1 rings (SSSR count). The predicted molar refractivity (Wildman–Crippen MR) is 80.3 cm³/mol. The number of nitrogens with zero attached hydrogens (tertiary/aromatic N) is 1. The molecule has 0 saturated carbocycles. The Morgan fingerprint density at radius 3 is 2.85 bits per heavy atom. The minimum absolute atomic E-state index is 0.0502. The highest BCUT2D eigenvalue weighted by Crippen LogP contribution is 2.11. The highest BCUT2D eigenvalue weighted by Gasteiger charge is 2.13. The molecular weight excluding hydrogens is 277 g/mol. The van der Waals surface area contributed by atoms with Gasteiger partial charge in [-0.3, -0.25) is 4.79 Å². The second kappa shape index (κ2) is 8.62. The number of carbonyl (C=O) groups excluding carboxylic acids is 1. The second-order valence-corrected chi connectivity index (χ2v) is 5.18. The van der Waals surface area contributed by atoms with Gasteiger partial charge >= 0.3 is 0 Å². The molecule has 1 N–H and O–H groups in total. The van der Waals surface area contributed by atoms with E-state index in [1.165, 1.54) is 12.1 Å². The largest absolute Gasteiger partial charge is 0.395 e. The Morgan fingerprint density at radius 2 is 2.25 bits per heavy atom. The molecule has 0 radical (unpaired) electrons. The van der Waals surface area contributed by atoms with Gasteiger partial charge in [0.15, 0.2) is 0 Å². The summed E-state index contributed by atoms with van der Waals surface area (Å²) >= 11 is 1.65. The average molecular weight is 295 g/mol. The zero-order valence-electron chi connectivity index (χ0n) is 11.6. The number of aliphatic hydroxyl groups excluding tert-OH is 1. The van der Waals surface area contributed by atoms with Crippen molar-refractivity contribution in [3.63, 3.8) is 0 Å². The molecule has 5 heteroatoms. The third kappa shape index (κ3) is 4.87. The van der Waals surface area contributed by atoms with Gasteiger partial charge in [0, 0.05) is 31.3 Å². The number of benzene rings is 1. The van der Waals surface area contributed by atoms with Crippen molar-refractivity contribution in [2.45, 2.75) is 6.42 Å². The second-order valence-electron chi connectivity index (χ2n) is 4.19. The molecule has 0 saturated heterocycles. The van der Waals surface area contributed by atoms with Crippen LogP contribution < -0.4 is 0 Å².